The molecule has 0 aliphatic carbocycles. The van der Waals surface area contributed by atoms with Crippen LogP contribution in [0.5, 0.6) is 0 Å². The molecule has 4 nitrogen and oxygen atoms in total. The van der Waals surface area contributed by atoms with Gasteiger partial charge in [-0.2, -0.15) is 5.10 Å². The molecule has 4 heteroatoms. The van der Waals surface area contributed by atoms with Gasteiger partial charge in [0, 0.05) is 5.56 Å². The molecule has 128 valence electrons. The molecule has 0 fully saturated rings. The number of carbonyl (C=O) groups is 1. The Kier molecular flexibility index (Phi) is 5.58. The highest BCUT2D eigenvalue weighted by atomic mass is 16.2. The fourth-order valence-corrected chi connectivity index (χ4v) is 2.61. The van der Waals surface area contributed by atoms with Gasteiger partial charge in [0.1, 0.15) is 0 Å². The molecule has 0 aliphatic rings. The van der Waals surface area contributed by atoms with E-state index in [1.54, 1.807) is 0 Å². The van der Waals surface area contributed by atoms with Crippen molar-refractivity contribution in [3.63, 3.8) is 0 Å². The summed E-state index contributed by atoms with van der Waals surface area (Å²) in [7, 11) is 0. The van der Waals surface area contributed by atoms with E-state index in [1.807, 2.05) is 97.1 Å². The highest BCUT2D eigenvalue weighted by molar-refractivity contribution is 6.13. The van der Waals surface area contributed by atoms with Gasteiger partial charge in [-0.15, -0.1) is 0 Å². The lowest BCUT2D eigenvalue weighted by Gasteiger charge is -2.10. The summed E-state index contributed by atoms with van der Waals surface area (Å²) in [4.78, 5) is 11.1. The molecule has 3 aromatic rings. The summed E-state index contributed by atoms with van der Waals surface area (Å²) in [6.07, 6.45) is 1.95. The molecule has 0 saturated carbocycles. The van der Waals surface area contributed by atoms with Gasteiger partial charge < -0.3 is 5.73 Å². The van der Waals surface area contributed by atoms with Crippen LogP contribution in [0.4, 0.5) is 4.79 Å². The predicted octanol–water partition coefficient (Wildman–Crippen LogP) is 4.19. The number of amides is 2. The standard InChI is InChI=1S/C22H19N3O/c23-22(26)25-24-21(19-14-8-3-9-15-19)16-20(17-10-4-1-5-11-17)18-12-6-2-7-13-18/h1-16H,(H3,23,25,26)/b24-21-. The summed E-state index contributed by atoms with van der Waals surface area (Å²) < 4.78 is 0. The van der Waals surface area contributed by atoms with Crippen molar-refractivity contribution in [2.24, 2.45) is 10.8 Å². The maximum absolute atomic E-state index is 11.1. The van der Waals surface area contributed by atoms with Crippen molar-refractivity contribution >= 4 is 17.3 Å². The monoisotopic (exact) mass is 341 g/mol. The van der Waals surface area contributed by atoms with E-state index in [1.165, 1.54) is 0 Å². The second-order valence-corrected chi connectivity index (χ2v) is 5.63. The number of nitrogens with two attached hydrogens (primary N) is 1. The van der Waals surface area contributed by atoms with Gasteiger partial charge in [0.15, 0.2) is 0 Å². The summed E-state index contributed by atoms with van der Waals surface area (Å²) in [5, 5.41) is 4.20. The van der Waals surface area contributed by atoms with Gasteiger partial charge >= 0.3 is 6.03 Å². The minimum Gasteiger partial charge on any atom is -0.350 e. The van der Waals surface area contributed by atoms with Crippen LogP contribution in [0.25, 0.3) is 5.57 Å². The van der Waals surface area contributed by atoms with Crippen LogP contribution < -0.4 is 11.2 Å². The number of rotatable bonds is 5. The average Bonchev–Trinajstić information content (AvgIpc) is 2.70. The van der Waals surface area contributed by atoms with Crippen molar-refractivity contribution in [2.45, 2.75) is 0 Å². The van der Waals surface area contributed by atoms with Gasteiger partial charge in [0.25, 0.3) is 0 Å². The molecule has 0 saturated heterocycles. The molecular formula is C22H19N3O. The average molecular weight is 341 g/mol. The van der Waals surface area contributed by atoms with Gasteiger partial charge in [0.2, 0.25) is 0 Å². The number of hydrogen-bond donors (Lipinski definition) is 2. The van der Waals surface area contributed by atoms with Crippen LogP contribution in [0.3, 0.4) is 0 Å². The van der Waals surface area contributed by atoms with Crippen molar-refractivity contribution in [2.75, 3.05) is 0 Å². The SMILES string of the molecule is NC(=O)N/N=C(/C=C(c1ccccc1)c1ccccc1)c1ccccc1. The minimum absolute atomic E-state index is 0.618. The van der Waals surface area contributed by atoms with Crippen LogP contribution in [0.15, 0.2) is 102 Å². The smallest absolute Gasteiger partial charge is 0.332 e. The first-order chi connectivity index (χ1) is 12.7. The Hall–Kier alpha value is -3.66. The van der Waals surface area contributed by atoms with E-state index in [0.29, 0.717) is 5.71 Å². The maximum atomic E-state index is 11.1. The van der Waals surface area contributed by atoms with E-state index in [9.17, 15) is 4.79 Å². The quantitative estimate of drug-likeness (QED) is 0.530. The molecule has 26 heavy (non-hydrogen) atoms. The van der Waals surface area contributed by atoms with Gasteiger partial charge in [0.05, 0.1) is 5.71 Å². The Morgan fingerprint density at radius 3 is 1.58 bits per heavy atom. The van der Waals surface area contributed by atoms with Crippen molar-refractivity contribution in [3.05, 3.63) is 114 Å². The normalized spacial score (nSPS) is 10.8. The molecule has 3 N–H and O–H groups in total. The Morgan fingerprint density at radius 2 is 1.15 bits per heavy atom. The molecule has 0 spiro atoms. The molecule has 0 aliphatic heterocycles. The lowest BCUT2D eigenvalue weighted by atomic mass is 9.95. The summed E-state index contributed by atoms with van der Waals surface area (Å²) in [5.41, 5.74) is 12.1. The lowest BCUT2D eigenvalue weighted by molar-refractivity contribution is 0.249. The second-order valence-electron chi connectivity index (χ2n) is 5.63. The van der Waals surface area contributed by atoms with Gasteiger partial charge in [-0.25, -0.2) is 10.2 Å². The molecular weight excluding hydrogens is 322 g/mol. The van der Waals surface area contributed by atoms with Crippen molar-refractivity contribution in [1.29, 1.82) is 0 Å². The van der Waals surface area contributed by atoms with Crippen molar-refractivity contribution < 1.29 is 4.79 Å². The number of hydrogen-bond acceptors (Lipinski definition) is 2. The number of nitrogens with zero attached hydrogens (tertiary/aromatic N) is 1. The molecule has 0 unspecified atom stereocenters. The zero-order valence-electron chi connectivity index (χ0n) is 14.2. The summed E-state index contributed by atoms with van der Waals surface area (Å²) in [6.45, 7) is 0. The van der Waals surface area contributed by atoms with E-state index in [4.69, 9.17) is 5.73 Å². The minimum atomic E-state index is -0.701. The largest absolute Gasteiger partial charge is 0.350 e. The first-order valence-corrected chi connectivity index (χ1v) is 8.25. The lowest BCUT2D eigenvalue weighted by Crippen LogP contribution is -2.25. The number of benzene rings is 3. The topological polar surface area (TPSA) is 67.5 Å². The van der Waals surface area contributed by atoms with Crippen LogP contribution >= 0.6 is 0 Å². The van der Waals surface area contributed by atoms with Crippen molar-refractivity contribution in [3.8, 4) is 0 Å². The van der Waals surface area contributed by atoms with E-state index in [-0.39, 0.29) is 0 Å². The third kappa shape index (κ3) is 4.45. The predicted molar refractivity (Wildman–Crippen MR) is 106 cm³/mol. The number of nitrogens with one attached hydrogen (secondary N) is 1. The third-order valence-corrected chi connectivity index (χ3v) is 3.81. The van der Waals surface area contributed by atoms with Crippen LogP contribution in [-0.2, 0) is 0 Å². The van der Waals surface area contributed by atoms with Crippen LogP contribution in [0.1, 0.15) is 16.7 Å². The Morgan fingerprint density at radius 1 is 0.731 bits per heavy atom. The highest BCUT2D eigenvalue weighted by Crippen LogP contribution is 2.24. The zero-order valence-corrected chi connectivity index (χ0v) is 14.2. The fourth-order valence-electron chi connectivity index (χ4n) is 2.61. The molecule has 0 bridgehead atoms. The number of urea groups is 1. The van der Waals surface area contributed by atoms with E-state index >= 15 is 0 Å². The third-order valence-electron chi connectivity index (χ3n) is 3.81. The molecule has 0 atom stereocenters. The number of carbonyl (C=O) groups excluding carboxylic acids is 1. The molecule has 0 aromatic heterocycles. The van der Waals surface area contributed by atoms with Crippen LogP contribution in [0.2, 0.25) is 0 Å². The summed E-state index contributed by atoms with van der Waals surface area (Å²) in [5.74, 6) is 0. The van der Waals surface area contributed by atoms with Crippen LogP contribution in [0, 0.1) is 0 Å². The molecule has 3 rings (SSSR count). The summed E-state index contributed by atoms with van der Waals surface area (Å²) >= 11 is 0. The fraction of sp³-hybridized carbons (Fsp3) is 0. The number of hydrazone groups is 1. The zero-order chi connectivity index (χ0) is 18.2. The maximum Gasteiger partial charge on any atom is 0.332 e. The Bertz CT molecular complexity index is 876. The van der Waals surface area contributed by atoms with Crippen LogP contribution in [-0.4, -0.2) is 11.7 Å². The first kappa shape index (κ1) is 17.2. The summed E-state index contributed by atoms with van der Waals surface area (Å²) in [6, 6.07) is 29.1. The molecule has 0 radical (unpaired) electrons. The first-order valence-electron chi connectivity index (χ1n) is 8.25. The highest BCUT2D eigenvalue weighted by Gasteiger charge is 2.08. The van der Waals surface area contributed by atoms with Crippen molar-refractivity contribution in [1.82, 2.24) is 5.43 Å². The number of primary amides is 1. The molecule has 3 aromatic carbocycles. The van der Waals surface area contributed by atoms with E-state index < -0.39 is 6.03 Å². The van der Waals surface area contributed by atoms with E-state index in [2.05, 4.69) is 10.5 Å². The van der Waals surface area contributed by atoms with Gasteiger partial charge in [-0.05, 0) is 22.8 Å². The number of allylic oxidation sites excluding steroid dienone is 1. The Balaban J connectivity index is 2.14. The Labute approximate surface area is 152 Å². The molecule has 2 amide bonds. The van der Waals surface area contributed by atoms with Gasteiger partial charge in [-0.3, -0.25) is 0 Å². The van der Waals surface area contributed by atoms with Gasteiger partial charge in [-0.1, -0.05) is 91.0 Å². The second kappa shape index (κ2) is 8.44. The van der Waals surface area contributed by atoms with E-state index in [0.717, 1.165) is 22.3 Å². The molecule has 0 heterocycles.